The normalized spacial score (nSPS) is 21.5. The van der Waals surface area contributed by atoms with Crippen LogP contribution < -0.4 is 0 Å². The molecule has 1 heterocycles. The van der Waals surface area contributed by atoms with Crippen molar-refractivity contribution in [3.05, 3.63) is 29.3 Å². The van der Waals surface area contributed by atoms with E-state index in [1.165, 1.54) is 6.07 Å². The van der Waals surface area contributed by atoms with Crippen LogP contribution in [0.5, 0.6) is 5.75 Å². The fourth-order valence-electron chi connectivity index (χ4n) is 2.98. The molecule has 5 heteroatoms. The van der Waals surface area contributed by atoms with Crippen molar-refractivity contribution >= 4 is 11.9 Å². The molecule has 0 aromatic heterocycles. The Bertz CT molecular complexity index is 560. The predicted molar refractivity (Wildman–Crippen MR) is 82.7 cm³/mol. The van der Waals surface area contributed by atoms with Crippen molar-refractivity contribution in [3.63, 3.8) is 0 Å². The summed E-state index contributed by atoms with van der Waals surface area (Å²) in [7, 11) is 0. The molecule has 1 fully saturated rings. The highest BCUT2D eigenvalue weighted by Gasteiger charge is 2.26. The molecular formula is C17H23NO4. The van der Waals surface area contributed by atoms with Gasteiger partial charge in [-0.1, -0.05) is 25.5 Å². The summed E-state index contributed by atoms with van der Waals surface area (Å²) in [5.74, 6) is -0.0664. The minimum Gasteiger partial charge on any atom is -0.507 e. The monoisotopic (exact) mass is 305 g/mol. The van der Waals surface area contributed by atoms with Crippen LogP contribution >= 0.6 is 0 Å². The smallest absolute Gasteiger partial charge is 0.342 e. The number of carbonyl (C=O) groups is 2. The first-order valence-corrected chi connectivity index (χ1v) is 7.61. The second-order valence-electron chi connectivity index (χ2n) is 6.34. The van der Waals surface area contributed by atoms with E-state index in [2.05, 4.69) is 13.8 Å². The molecule has 0 spiro atoms. The minimum atomic E-state index is -0.673. The molecule has 0 aliphatic carbocycles. The highest BCUT2D eigenvalue weighted by atomic mass is 16.5. The molecule has 120 valence electrons. The molecule has 5 nitrogen and oxygen atoms in total. The van der Waals surface area contributed by atoms with Crippen molar-refractivity contribution in [1.82, 2.24) is 4.90 Å². The molecule has 2 atom stereocenters. The van der Waals surface area contributed by atoms with Crippen molar-refractivity contribution < 1.29 is 19.4 Å². The number of ether oxygens (including phenoxy) is 1. The van der Waals surface area contributed by atoms with E-state index in [-0.39, 0.29) is 23.8 Å². The van der Waals surface area contributed by atoms with Gasteiger partial charge in [0.1, 0.15) is 11.3 Å². The molecule has 22 heavy (non-hydrogen) atoms. The summed E-state index contributed by atoms with van der Waals surface area (Å²) in [5, 5.41) is 9.69. The van der Waals surface area contributed by atoms with Gasteiger partial charge >= 0.3 is 5.97 Å². The van der Waals surface area contributed by atoms with E-state index in [0.717, 1.165) is 12.0 Å². The molecule has 1 N–H and O–H groups in total. The molecule has 0 bridgehead atoms. The Morgan fingerprint density at radius 2 is 1.91 bits per heavy atom. The van der Waals surface area contributed by atoms with Gasteiger partial charge in [0, 0.05) is 13.1 Å². The standard InChI is InChI=1S/C17H23NO4/c1-11-4-5-15(19)14(7-11)17(21)22-10-16(20)18-8-12(2)6-13(3)9-18/h4-5,7,12-13,19H,6,8-10H2,1-3H3/t12-,13-/m0/s1. The van der Waals surface area contributed by atoms with E-state index in [9.17, 15) is 14.7 Å². The fraction of sp³-hybridized carbons (Fsp3) is 0.529. The zero-order chi connectivity index (χ0) is 16.3. The third kappa shape index (κ3) is 4.00. The van der Waals surface area contributed by atoms with Gasteiger partial charge in [-0.25, -0.2) is 4.79 Å². The highest BCUT2D eigenvalue weighted by Crippen LogP contribution is 2.22. The van der Waals surface area contributed by atoms with Gasteiger partial charge in [0.25, 0.3) is 5.91 Å². The Labute approximate surface area is 130 Å². The molecule has 1 aromatic carbocycles. The molecule has 1 saturated heterocycles. The Hall–Kier alpha value is -2.04. The van der Waals surface area contributed by atoms with E-state index in [1.54, 1.807) is 17.0 Å². The van der Waals surface area contributed by atoms with Gasteiger partial charge in [-0.3, -0.25) is 4.79 Å². The lowest BCUT2D eigenvalue weighted by Crippen LogP contribution is -2.44. The third-order valence-electron chi connectivity index (χ3n) is 3.92. The van der Waals surface area contributed by atoms with Crippen LogP contribution in [0.15, 0.2) is 18.2 Å². The summed E-state index contributed by atoms with van der Waals surface area (Å²) in [6.45, 7) is 7.18. The summed E-state index contributed by atoms with van der Waals surface area (Å²) in [5.41, 5.74) is 0.933. The summed E-state index contributed by atoms with van der Waals surface area (Å²) in [4.78, 5) is 25.9. The lowest BCUT2D eigenvalue weighted by molar-refractivity contribution is -0.137. The van der Waals surface area contributed by atoms with Gasteiger partial charge in [0.15, 0.2) is 6.61 Å². The average molecular weight is 305 g/mol. The Kier molecular flexibility index (Phi) is 5.06. The van der Waals surface area contributed by atoms with Crippen molar-refractivity contribution in [1.29, 1.82) is 0 Å². The second kappa shape index (κ2) is 6.81. The van der Waals surface area contributed by atoms with E-state index in [1.807, 2.05) is 6.92 Å². The topological polar surface area (TPSA) is 66.8 Å². The maximum atomic E-state index is 12.2. The van der Waals surface area contributed by atoms with E-state index < -0.39 is 5.97 Å². The Morgan fingerprint density at radius 3 is 2.55 bits per heavy atom. The number of rotatable bonds is 3. The zero-order valence-corrected chi connectivity index (χ0v) is 13.3. The molecule has 1 aliphatic heterocycles. The summed E-state index contributed by atoms with van der Waals surface area (Å²) < 4.78 is 5.06. The second-order valence-corrected chi connectivity index (χ2v) is 6.34. The lowest BCUT2D eigenvalue weighted by atomic mass is 9.92. The summed E-state index contributed by atoms with van der Waals surface area (Å²) in [6, 6.07) is 4.70. The molecule has 0 unspecified atom stereocenters. The van der Waals surface area contributed by atoms with Crippen molar-refractivity contribution in [2.45, 2.75) is 27.2 Å². The van der Waals surface area contributed by atoms with Crippen LogP contribution in [-0.2, 0) is 9.53 Å². The van der Waals surface area contributed by atoms with Gasteiger partial charge in [-0.05, 0) is 37.3 Å². The SMILES string of the molecule is Cc1ccc(O)c(C(=O)OCC(=O)N2C[C@@H](C)C[C@H](C)C2)c1. The number of benzene rings is 1. The van der Waals surface area contributed by atoms with Crippen LogP contribution in [0.25, 0.3) is 0 Å². The van der Waals surface area contributed by atoms with Crippen LogP contribution in [0.4, 0.5) is 0 Å². The van der Waals surface area contributed by atoms with Gasteiger partial charge in [-0.15, -0.1) is 0 Å². The average Bonchev–Trinajstić information content (AvgIpc) is 2.45. The van der Waals surface area contributed by atoms with Crippen LogP contribution in [0.2, 0.25) is 0 Å². The summed E-state index contributed by atoms with van der Waals surface area (Å²) in [6.07, 6.45) is 1.11. The maximum Gasteiger partial charge on any atom is 0.342 e. The summed E-state index contributed by atoms with van der Waals surface area (Å²) >= 11 is 0. The molecule has 0 radical (unpaired) electrons. The highest BCUT2D eigenvalue weighted by molar-refractivity contribution is 5.94. The molecule has 1 aliphatic rings. The molecule has 0 saturated carbocycles. The number of amides is 1. The number of carbonyl (C=O) groups excluding carboxylic acids is 2. The number of aryl methyl sites for hydroxylation is 1. The van der Waals surface area contributed by atoms with E-state index >= 15 is 0 Å². The van der Waals surface area contributed by atoms with E-state index in [0.29, 0.717) is 24.9 Å². The van der Waals surface area contributed by atoms with Crippen LogP contribution in [-0.4, -0.2) is 41.6 Å². The third-order valence-corrected chi connectivity index (χ3v) is 3.92. The van der Waals surface area contributed by atoms with Crippen LogP contribution in [0.1, 0.15) is 36.2 Å². The number of aromatic hydroxyl groups is 1. The maximum absolute atomic E-state index is 12.2. The molecule has 1 amide bonds. The molecular weight excluding hydrogens is 282 g/mol. The fourth-order valence-corrected chi connectivity index (χ4v) is 2.98. The van der Waals surface area contributed by atoms with Gasteiger partial charge in [0.2, 0.25) is 0 Å². The minimum absolute atomic E-state index is 0.0909. The van der Waals surface area contributed by atoms with Gasteiger partial charge < -0.3 is 14.7 Å². The number of esters is 1. The first-order valence-electron chi connectivity index (χ1n) is 7.61. The first kappa shape index (κ1) is 16.3. The number of likely N-dealkylation sites (tertiary alicyclic amines) is 1. The molecule has 1 aromatic rings. The largest absolute Gasteiger partial charge is 0.507 e. The Morgan fingerprint density at radius 1 is 1.27 bits per heavy atom. The van der Waals surface area contributed by atoms with Gasteiger partial charge in [-0.2, -0.15) is 0 Å². The van der Waals surface area contributed by atoms with Crippen molar-refractivity contribution in [3.8, 4) is 5.75 Å². The van der Waals surface area contributed by atoms with Gasteiger partial charge in [0.05, 0.1) is 0 Å². The first-order chi connectivity index (χ1) is 10.4. The number of hydrogen-bond acceptors (Lipinski definition) is 4. The number of phenols is 1. The number of hydrogen-bond donors (Lipinski definition) is 1. The van der Waals surface area contributed by atoms with E-state index in [4.69, 9.17) is 4.74 Å². The van der Waals surface area contributed by atoms with Crippen molar-refractivity contribution in [2.75, 3.05) is 19.7 Å². The lowest BCUT2D eigenvalue weighted by Gasteiger charge is -2.34. The van der Waals surface area contributed by atoms with Crippen LogP contribution in [0.3, 0.4) is 0 Å². The predicted octanol–water partition coefficient (Wildman–Crippen LogP) is 2.36. The quantitative estimate of drug-likeness (QED) is 0.871. The van der Waals surface area contributed by atoms with Crippen LogP contribution in [0, 0.1) is 18.8 Å². The number of piperidine rings is 1. The zero-order valence-electron chi connectivity index (χ0n) is 13.3. The number of nitrogens with zero attached hydrogens (tertiary/aromatic N) is 1. The Balaban J connectivity index is 1.93. The molecule has 2 rings (SSSR count). The number of phenolic OH excluding ortho intramolecular Hbond substituents is 1. The van der Waals surface area contributed by atoms with Crippen molar-refractivity contribution in [2.24, 2.45) is 11.8 Å².